The van der Waals surface area contributed by atoms with Crippen LogP contribution in [0.3, 0.4) is 0 Å². The smallest absolute Gasteiger partial charge is 0.220 e. The summed E-state index contributed by atoms with van der Waals surface area (Å²) in [4.78, 5) is 12.2. The average Bonchev–Trinajstić information content (AvgIpc) is 2.90. The second-order valence-electron chi connectivity index (χ2n) is 10.2. The number of unbranched alkanes of at least 4 members (excludes halogenated alkanes) is 14. The Morgan fingerprint density at radius 3 is 1.73 bits per heavy atom. The monoisotopic (exact) mass is 517 g/mol. The first-order valence-corrected chi connectivity index (χ1v) is 15.3. The lowest BCUT2D eigenvalue weighted by Gasteiger charge is -2.19. The summed E-state index contributed by atoms with van der Waals surface area (Å²) in [5, 5.41) is 22.6. The van der Waals surface area contributed by atoms with Crippen LogP contribution in [-0.2, 0) is 4.79 Å². The van der Waals surface area contributed by atoms with Crippen molar-refractivity contribution in [3.05, 3.63) is 48.6 Å². The van der Waals surface area contributed by atoms with Crippen LogP contribution < -0.4 is 5.32 Å². The van der Waals surface area contributed by atoms with Gasteiger partial charge in [0.05, 0.1) is 18.8 Å². The number of carbonyl (C=O) groups is 1. The van der Waals surface area contributed by atoms with Gasteiger partial charge < -0.3 is 15.5 Å². The molecule has 0 aliphatic rings. The lowest BCUT2D eigenvalue weighted by molar-refractivity contribution is -0.123. The van der Waals surface area contributed by atoms with E-state index in [1.165, 1.54) is 64.2 Å². The van der Waals surface area contributed by atoms with Crippen LogP contribution in [0.2, 0.25) is 0 Å². The summed E-state index contributed by atoms with van der Waals surface area (Å²) in [6.07, 6.45) is 37.7. The SMILES string of the molecule is C/C=C/CC/C=C/CC/C=C/C(O)C(CO)NC(=O)CCCCCCC/C=C\CCCCCCCCC. The normalized spacial score (nSPS) is 13.9. The van der Waals surface area contributed by atoms with Crippen LogP contribution in [0.15, 0.2) is 48.6 Å². The Bertz CT molecular complexity index is 609. The maximum Gasteiger partial charge on any atom is 0.220 e. The number of hydrogen-bond acceptors (Lipinski definition) is 3. The standard InChI is InChI=1S/C33H59NO3/c1-3-5-7-9-11-13-14-15-16-17-18-19-21-23-25-27-29-33(37)34-31(30-35)32(36)28-26-24-22-20-12-10-8-6-4-2/h4,6,12,16-17,20,26,28,31-32,35-36H,3,5,7-11,13-15,18-19,21-25,27,29-30H2,1-2H3,(H,34,37)/b6-4+,17-16-,20-12+,28-26+. The molecule has 0 saturated carbocycles. The molecule has 2 unspecified atom stereocenters. The summed E-state index contributed by atoms with van der Waals surface area (Å²) >= 11 is 0. The first-order chi connectivity index (χ1) is 18.2. The van der Waals surface area contributed by atoms with Crippen molar-refractivity contribution in [3.63, 3.8) is 0 Å². The fraction of sp³-hybridized carbons (Fsp3) is 0.727. The molecule has 3 N–H and O–H groups in total. The van der Waals surface area contributed by atoms with Gasteiger partial charge in [-0.1, -0.05) is 113 Å². The van der Waals surface area contributed by atoms with E-state index in [4.69, 9.17) is 0 Å². The van der Waals surface area contributed by atoms with Gasteiger partial charge in [0, 0.05) is 6.42 Å². The van der Waals surface area contributed by atoms with Gasteiger partial charge in [0.1, 0.15) is 0 Å². The molecule has 0 rings (SSSR count). The van der Waals surface area contributed by atoms with Crippen molar-refractivity contribution >= 4 is 5.91 Å². The molecule has 0 bridgehead atoms. The Morgan fingerprint density at radius 1 is 0.676 bits per heavy atom. The van der Waals surface area contributed by atoms with Gasteiger partial charge in [-0.2, -0.15) is 0 Å². The van der Waals surface area contributed by atoms with E-state index in [2.05, 4.69) is 48.7 Å². The van der Waals surface area contributed by atoms with Crippen molar-refractivity contribution in [2.45, 2.75) is 148 Å². The number of aliphatic hydroxyl groups excluding tert-OH is 2. The summed E-state index contributed by atoms with van der Waals surface area (Å²) in [5.41, 5.74) is 0. The number of nitrogens with one attached hydrogen (secondary N) is 1. The van der Waals surface area contributed by atoms with E-state index >= 15 is 0 Å². The Hall–Kier alpha value is -1.65. The summed E-state index contributed by atoms with van der Waals surface area (Å²) in [7, 11) is 0. The fourth-order valence-corrected chi connectivity index (χ4v) is 4.21. The lowest BCUT2D eigenvalue weighted by Crippen LogP contribution is -2.45. The molecule has 0 aliphatic carbocycles. The molecule has 37 heavy (non-hydrogen) atoms. The quantitative estimate of drug-likeness (QED) is 0.0795. The Balaban J connectivity index is 3.71. The van der Waals surface area contributed by atoms with Crippen LogP contribution in [0.1, 0.15) is 136 Å². The van der Waals surface area contributed by atoms with Crippen molar-refractivity contribution in [3.8, 4) is 0 Å². The van der Waals surface area contributed by atoms with E-state index < -0.39 is 12.1 Å². The molecule has 0 aromatic carbocycles. The maximum atomic E-state index is 12.2. The molecular weight excluding hydrogens is 458 g/mol. The summed E-state index contributed by atoms with van der Waals surface area (Å²) in [6.45, 7) is 4.03. The van der Waals surface area contributed by atoms with E-state index in [0.717, 1.165) is 51.4 Å². The molecule has 4 heteroatoms. The number of carbonyl (C=O) groups excluding carboxylic acids is 1. The van der Waals surface area contributed by atoms with Crippen LogP contribution in [0, 0.1) is 0 Å². The molecule has 4 nitrogen and oxygen atoms in total. The molecule has 0 saturated heterocycles. The van der Waals surface area contributed by atoms with E-state index in [1.54, 1.807) is 6.08 Å². The highest BCUT2D eigenvalue weighted by Gasteiger charge is 2.17. The summed E-state index contributed by atoms with van der Waals surface area (Å²) < 4.78 is 0. The molecule has 214 valence electrons. The average molecular weight is 518 g/mol. The predicted octanol–water partition coefficient (Wildman–Crippen LogP) is 8.50. The number of aliphatic hydroxyl groups is 2. The van der Waals surface area contributed by atoms with Gasteiger partial charge in [-0.05, 0) is 64.7 Å². The molecule has 0 fully saturated rings. The van der Waals surface area contributed by atoms with E-state index in [1.807, 2.05) is 13.0 Å². The van der Waals surface area contributed by atoms with E-state index in [-0.39, 0.29) is 12.5 Å². The molecule has 0 heterocycles. The lowest BCUT2D eigenvalue weighted by atomic mass is 10.1. The van der Waals surface area contributed by atoms with Crippen molar-refractivity contribution in [1.29, 1.82) is 0 Å². The van der Waals surface area contributed by atoms with Gasteiger partial charge in [-0.3, -0.25) is 4.79 Å². The third-order valence-electron chi connectivity index (χ3n) is 6.61. The number of amides is 1. The van der Waals surface area contributed by atoms with Gasteiger partial charge in [0.25, 0.3) is 0 Å². The molecule has 0 aromatic rings. The molecule has 0 radical (unpaired) electrons. The van der Waals surface area contributed by atoms with Gasteiger partial charge in [-0.25, -0.2) is 0 Å². The molecule has 2 atom stereocenters. The molecule has 0 aliphatic heterocycles. The minimum atomic E-state index is -0.869. The summed E-state index contributed by atoms with van der Waals surface area (Å²) in [5.74, 6) is -0.0936. The van der Waals surface area contributed by atoms with Crippen molar-refractivity contribution in [2.75, 3.05) is 6.61 Å². The molecule has 0 aromatic heterocycles. The van der Waals surface area contributed by atoms with Crippen LogP contribution in [0.25, 0.3) is 0 Å². The zero-order chi connectivity index (χ0) is 27.2. The van der Waals surface area contributed by atoms with Crippen LogP contribution >= 0.6 is 0 Å². The second-order valence-corrected chi connectivity index (χ2v) is 10.2. The Kier molecular flexibility index (Phi) is 27.6. The molecule has 0 spiro atoms. The fourth-order valence-electron chi connectivity index (χ4n) is 4.21. The van der Waals surface area contributed by atoms with Crippen molar-refractivity contribution < 1.29 is 15.0 Å². The Labute approximate surface area is 229 Å². The van der Waals surface area contributed by atoms with Gasteiger partial charge in [0.2, 0.25) is 5.91 Å². The van der Waals surface area contributed by atoms with E-state index in [0.29, 0.717) is 6.42 Å². The highest BCUT2D eigenvalue weighted by Crippen LogP contribution is 2.11. The van der Waals surface area contributed by atoms with Crippen LogP contribution in [0.5, 0.6) is 0 Å². The van der Waals surface area contributed by atoms with Gasteiger partial charge in [0.15, 0.2) is 0 Å². The van der Waals surface area contributed by atoms with Gasteiger partial charge >= 0.3 is 0 Å². The van der Waals surface area contributed by atoms with Crippen LogP contribution in [-0.4, -0.2) is 34.9 Å². The van der Waals surface area contributed by atoms with Crippen molar-refractivity contribution in [2.24, 2.45) is 0 Å². The highest BCUT2D eigenvalue weighted by atomic mass is 16.3. The minimum Gasteiger partial charge on any atom is -0.394 e. The minimum absolute atomic E-state index is 0.0936. The number of allylic oxidation sites excluding steroid dienone is 7. The number of hydrogen-bond donors (Lipinski definition) is 3. The zero-order valence-electron chi connectivity index (χ0n) is 24.2. The third-order valence-corrected chi connectivity index (χ3v) is 6.61. The third kappa shape index (κ3) is 25.8. The Morgan fingerprint density at radius 2 is 1.16 bits per heavy atom. The topological polar surface area (TPSA) is 69.6 Å². The van der Waals surface area contributed by atoms with Gasteiger partial charge in [-0.15, -0.1) is 0 Å². The van der Waals surface area contributed by atoms with Crippen LogP contribution in [0.4, 0.5) is 0 Å². The molecular formula is C33H59NO3. The maximum absolute atomic E-state index is 12.2. The predicted molar refractivity (Wildman–Crippen MR) is 161 cm³/mol. The summed E-state index contributed by atoms with van der Waals surface area (Å²) in [6, 6.07) is -0.645. The first kappa shape index (κ1) is 35.4. The van der Waals surface area contributed by atoms with Crippen molar-refractivity contribution in [1.82, 2.24) is 5.32 Å². The highest BCUT2D eigenvalue weighted by molar-refractivity contribution is 5.76. The van der Waals surface area contributed by atoms with E-state index in [9.17, 15) is 15.0 Å². The largest absolute Gasteiger partial charge is 0.394 e. The zero-order valence-corrected chi connectivity index (χ0v) is 24.2. The second kappa shape index (κ2) is 28.9. The first-order valence-electron chi connectivity index (χ1n) is 15.3. The molecule has 1 amide bonds. The number of rotatable bonds is 26.